The maximum atomic E-state index is 12.6. The van der Waals surface area contributed by atoms with Crippen LogP contribution in [0.15, 0.2) is 18.2 Å². The molecular weight excluding hydrogens is 239 g/mol. The van der Waals surface area contributed by atoms with Crippen LogP contribution in [-0.2, 0) is 4.79 Å². The van der Waals surface area contributed by atoms with Gasteiger partial charge in [0.2, 0.25) is 0 Å². The van der Waals surface area contributed by atoms with Crippen molar-refractivity contribution in [2.24, 2.45) is 0 Å². The fourth-order valence-corrected chi connectivity index (χ4v) is 1.38. The Kier molecular flexibility index (Phi) is 14.1. The highest BCUT2D eigenvalue weighted by molar-refractivity contribution is 5.78. The summed E-state index contributed by atoms with van der Waals surface area (Å²) >= 11 is 0. The number of Topliss-reactive ketones (excluding diaryl/α,β-unsaturated/α-hetero) is 1. The van der Waals surface area contributed by atoms with Crippen molar-refractivity contribution in [3.63, 3.8) is 0 Å². The highest BCUT2D eigenvalue weighted by Gasteiger charge is 1.95. The van der Waals surface area contributed by atoms with E-state index in [0.717, 1.165) is 31.2 Å². The number of rotatable bonds is 4. The first-order valence-corrected chi connectivity index (χ1v) is 7.25. The Bertz CT molecular complexity index is 337. The third-order valence-corrected chi connectivity index (χ3v) is 2.39. The molecule has 0 aliphatic carbocycles. The molecule has 1 rings (SSSR count). The first-order chi connectivity index (χ1) is 9.01. The molecule has 19 heavy (non-hydrogen) atoms. The molecule has 0 bridgehead atoms. The van der Waals surface area contributed by atoms with Crippen molar-refractivity contribution in [1.29, 1.82) is 0 Å². The van der Waals surface area contributed by atoms with Gasteiger partial charge in [0, 0.05) is 12.8 Å². The van der Waals surface area contributed by atoms with Crippen LogP contribution in [0, 0.1) is 19.7 Å². The summed E-state index contributed by atoms with van der Waals surface area (Å²) < 4.78 is 12.6. The van der Waals surface area contributed by atoms with Gasteiger partial charge in [-0.05, 0) is 43.9 Å². The lowest BCUT2D eigenvalue weighted by atomic mass is 10.1. The molecule has 1 aromatic carbocycles. The zero-order valence-electron chi connectivity index (χ0n) is 13.3. The summed E-state index contributed by atoms with van der Waals surface area (Å²) in [6.07, 6.45) is 3.54. The molecule has 2 heteroatoms. The molecular formula is C17H29FO. The maximum Gasteiger partial charge on any atom is 0.132 e. The molecule has 0 saturated heterocycles. The molecule has 0 aromatic heterocycles. The Balaban J connectivity index is 0. The highest BCUT2D eigenvalue weighted by Crippen LogP contribution is 2.06. The van der Waals surface area contributed by atoms with Crippen LogP contribution in [-0.4, -0.2) is 5.78 Å². The normalized spacial score (nSPS) is 8.79. The lowest BCUT2D eigenvalue weighted by molar-refractivity contribution is -0.119. The summed E-state index contributed by atoms with van der Waals surface area (Å²) in [5.74, 6) is 0.296. The monoisotopic (exact) mass is 268 g/mol. The van der Waals surface area contributed by atoms with E-state index in [2.05, 4.69) is 0 Å². The van der Waals surface area contributed by atoms with E-state index in [0.29, 0.717) is 11.3 Å². The Morgan fingerprint density at radius 2 is 1.53 bits per heavy atom. The van der Waals surface area contributed by atoms with E-state index >= 15 is 0 Å². The second-order valence-corrected chi connectivity index (χ2v) is 4.29. The van der Waals surface area contributed by atoms with E-state index < -0.39 is 0 Å². The minimum absolute atomic E-state index is 0.116. The molecule has 0 radical (unpaired) electrons. The van der Waals surface area contributed by atoms with Crippen LogP contribution in [0.25, 0.3) is 0 Å². The first kappa shape index (κ1) is 20.1. The van der Waals surface area contributed by atoms with Gasteiger partial charge in [-0.25, -0.2) is 4.39 Å². The molecule has 1 nitrogen and oxygen atoms in total. The zero-order chi connectivity index (χ0) is 15.3. The maximum absolute atomic E-state index is 12.6. The van der Waals surface area contributed by atoms with Crippen LogP contribution in [0.4, 0.5) is 4.39 Å². The van der Waals surface area contributed by atoms with Crippen molar-refractivity contribution in [2.45, 2.75) is 67.2 Å². The Labute approximate surface area is 118 Å². The predicted octanol–water partition coefficient (Wildman–Crippen LogP) is 5.62. The van der Waals surface area contributed by atoms with Gasteiger partial charge in [-0.3, -0.25) is 4.79 Å². The van der Waals surface area contributed by atoms with Gasteiger partial charge in [-0.2, -0.15) is 0 Å². The number of carbonyl (C=O) groups is 1. The molecule has 0 fully saturated rings. The summed E-state index contributed by atoms with van der Waals surface area (Å²) in [6.45, 7) is 11.7. The fraction of sp³-hybridized carbons (Fsp3) is 0.588. The summed E-state index contributed by atoms with van der Waals surface area (Å²) in [5.41, 5.74) is 1.68. The van der Waals surface area contributed by atoms with Crippen LogP contribution in [0.2, 0.25) is 0 Å². The minimum Gasteiger partial charge on any atom is -0.300 e. The van der Waals surface area contributed by atoms with Gasteiger partial charge in [0.1, 0.15) is 11.6 Å². The van der Waals surface area contributed by atoms with Crippen LogP contribution >= 0.6 is 0 Å². The van der Waals surface area contributed by atoms with Crippen LogP contribution in [0.3, 0.4) is 0 Å². The molecule has 0 spiro atoms. The van der Waals surface area contributed by atoms with Crippen molar-refractivity contribution in [3.05, 3.63) is 35.1 Å². The third kappa shape index (κ3) is 11.6. The van der Waals surface area contributed by atoms with Crippen molar-refractivity contribution in [1.82, 2.24) is 0 Å². The first-order valence-electron chi connectivity index (χ1n) is 7.25. The van der Waals surface area contributed by atoms with Crippen molar-refractivity contribution in [2.75, 3.05) is 0 Å². The average molecular weight is 268 g/mol. The van der Waals surface area contributed by atoms with Crippen LogP contribution in [0.5, 0.6) is 0 Å². The second-order valence-electron chi connectivity index (χ2n) is 4.29. The SMILES string of the molecule is CC.CCCC(=O)CCC.Cc1ccc(C)c(F)c1. The highest BCUT2D eigenvalue weighted by atomic mass is 19.1. The zero-order valence-corrected chi connectivity index (χ0v) is 13.3. The van der Waals surface area contributed by atoms with E-state index in [1.807, 2.05) is 40.7 Å². The molecule has 0 aliphatic heterocycles. The van der Waals surface area contributed by atoms with Crippen molar-refractivity contribution >= 4 is 5.78 Å². The molecule has 0 saturated carbocycles. The van der Waals surface area contributed by atoms with Crippen molar-refractivity contribution in [3.8, 4) is 0 Å². The summed E-state index contributed by atoms with van der Waals surface area (Å²) in [7, 11) is 0. The van der Waals surface area contributed by atoms with E-state index in [9.17, 15) is 9.18 Å². The summed E-state index contributed by atoms with van der Waals surface area (Å²) in [6, 6.07) is 5.22. The second kappa shape index (κ2) is 13.3. The largest absolute Gasteiger partial charge is 0.300 e. The number of hydrogen-bond acceptors (Lipinski definition) is 1. The summed E-state index contributed by atoms with van der Waals surface area (Å²) in [5, 5.41) is 0. The molecule has 110 valence electrons. The van der Waals surface area contributed by atoms with E-state index in [-0.39, 0.29) is 5.82 Å². The van der Waals surface area contributed by atoms with Gasteiger partial charge in [0.25, 0.3) is 0 Å². The van der Waals surface area contributed by atoms with E-state index in [1.54, 1.807) is 13.0 Å². The molecule has 0 N–H and O–H groups in total. The van der Waals surface area contributed by atoms with E-state index in [4.69, 9.17) is 0 Å². The number of ketones is 1. The molecule has 0 amide bonds. The summed E-state index contributed by atoms with van der Waals surface area (Å²) in [4.78, 5) is 10.6. The van der Waals surface area contributed by atoms with Gasteiger partial charge in [-0.1, -0.05) is 39.8 Å². The van der Waals surface area contributed by atoms with Gasteiger partial charge in [-0.15, -0.1) is 0 Å². The molecule has 0 atom stereocenters. The van der Waals surface area contributed by atoms with Gasteiger partial charge < -0.3 is 0 Å². The topological polar surface area (TPSA) is 17.1 Å². The van der Waals surface area contributed by atoms with E-state index in [1.165, 1.54) is 6.07 Å². The molecule has 0 heterocycles. The molecule has 1 aromatic rings. The molecule has 0 unspecified atom stereocenters. The Hall–Kier alpha value is -1.18. The third-order valence-electron chi connectivity index (χ3n) is 2.39. The van der Waals surface area contributed by atoms with Gasteiger partial charge in [0.05, 0.1) is 0 Å². The lowest BCUT2D eigenvalue weighted by Crippen LogP contribution is -1.93. The van der Waals surface area contributed by atoms with Crippen molar-refractivity contribution < 1.29 is 9.18 Å². The van der Waals surface area contributed by atoms with Crippen LogP contribution in [0.1, 0.15) is 64.5 Å². The number of benzene rings is 1. The Morgan fingerprint density at radius 3 is 1.84 bits per heavy atom. The molecule has 0 aliphatic rings. The Morgan fingerprint density at radius 1 is 1.05 bits per heavy atom. The smallest absolute Gasteiger partial charge is 0.132 e. The predicted molar refractivity (Wildman–Crippen MR) is 82.0 cm³/mol. The van der Waals surface area contributed by atoms with Gasteiger partial charge in [0.15, 0.2) is 0 Å². The van der Waals surface area contributed by atoms with Crippen LogP contribution < -0.4 is 0 Å². The standard InChI is InChI=1S/C8H9F.C7H14O.C2H6/c1-6-3-4-7(2)8(9)5-6;1-3-5-7(8)6-4-2;1-2/h3-5H,1-2H3;3-6H2,1-2H3;1-2H3. The number of hydrogen-bond donors (Lipinski definition) is 0. The number of aryl methyl sites for hydroxylation is 2. The number of halogens is 1. The van der Waals surface area contributed by atoms with Gasteiger partial charge >= 0.3 is 0 Å². The average Bonchev–Trinajstić information content (AvgIpc) is 2.38. The number of carbonyl (C=O) groups excluding carboxylic acids is 1. The minimum atomic E-state index is -0.116. The fourth-order valence-electron chi connectivity index (χ4n) is 1.38. The quantitative estimate of drug-likeness (QED) is 0.692. The lowest BCUT2D eigenvalue weighted by Gasteiger charge is -1.94.